The van der Waals surface area contributed by atoms with Crippen molar-refractivity contribution in [3.05, 3.63) is 35.5 Å². The van der Waals surface area contributed by atoms with Crippen LogP contribution >= 0.6 is 0 Å². The van der Waals surface area contributed by atoms with Crippen molar-refractivity contribution in [1.29, 1.82) is 0 Å². The molecule has 1 saturated heterocycles. The first-order valence-electron chi connectivity index (χ1n) is 10.4. The number of aromatic amines is 1. The molecular weight excluding hydrogens is 322 g/mol. The number of hydrogen-bond donors (Lipinski definition) is 2. The van der Waals surface area contributed by atoms with E-state index in [-0.39, 0.29) is 0 Å². The van der Waals surface area contributed by atoms with E-state index in [1.165, 1.54) is 54.3 Å². The summed E-state index contributed by atoms with van der Waals surface area (Å²) >= 11 is 0. The van der Waals surface area contributed by atoms with Gasteiger partial charge in [0.2, 0.25) is 0 Å². The Kier molecular flexibility index (Phi) is 5.63. The summed E-state index contributed by atoms with van der Waals surface area (Å²) < 4.78 is 0. The van der Waals surface area contributed by atoms with Crippen molar-refractivity contribution in [2.75, 3.05) is 26.2 Å². The van der Waals surface area contributed by atoms with E-state index in [9.17, 15) is 5.11 Å². The molecule has 2 N–H and O–H groups in total. The Bertz CT molecular complexity index is 719. The maximum Gasteiger partial charge on any atom is 0.0459 e. The fourth-order valence-corrected chi connectivity index (χ4v) is 5.10. The third kappa shape index (κ3) is 3.68. The van der Waals surface area contributed by atoms with Crippen LogP contribution in [0.2, 0.25) is 0 Å². The Morgan fingerprint density at radius 1 is 1.12 bits per heavy atom. The van der Waals surface area contributed by atoms with Crippen molar-refractivity contribution in [3.63, 3.8) is 0 Å². The van der Waals surface area contributed by atoms with Crippen molar-refractivity contribution in [3.8, 4) is 0 Å². The monoisotopic (exact) mass is 355 g/mol. The molecule has 142 valence electrons. The first kappa shape index (κ1) is 18.0. The Labute approximate surface area is 157 Å². The molecule has 4 heteroatoms. The van der Waals surface area contributed by atoms with Crippen molar-refractivity contribution in [2.45, 2.75) is 64.1 Å². The van der Waals surface area contributed by atoms with Gasteiger partial charge in [-0.25, -0.2) is 0 Å². The molecule has 0 bridgehead atoms. The number of aliphatic hydroxyl groups excluding tert-OH is 1. The SMILES string of the molecule is Cc1c(CN2CCN(C3CCCCC3)[C@@H](CCO)C2)[nH]c2ccccc12. The number of rotatable bonds is 5. The number of nitrogens with zero attached hydrogens (tertiary/aromatic N) is 2. The van der Waals surface area contributed by atoms with E-state index < -0.39 is 0 Å². The molecule has 4 rings (SSSR count). The third-order valence-electron chi connectivity index (χ3n) is 6.57. The number of piperazine rings is 1. The van der Waals surface area contributed by atoms with Crippen LogP contribution in [0.5, 0.6) is 0 Å². The van der Waals surface area contributed by atoms with Crippen LogP contribution in [0.1, 0.15) is 49.8 Å². The molecule has 2 fully saturated rings. The smallest absolute Gasteiger partial charge is 0.0459 e. The number of para-hydroxylation sites is 1. The molecule has 2 aliphatic rings. The quantitative estimate of drug-likeness (QED) is 0.860. The Hall–Kier alpha value is -1.36. The van der Waals surface area contributed by atoms with Crippen LogP contribution in [0.15, 0.2) is 24.3 Å². The maximum absolute atomic E-state index is 9.60. The molecule has 1 aliphatic heterocycles. The van der Waals surface area contributed by atoms with Gasteiger partial charge in [0.05, 0.1) is 0 Å². The molecule has 2 heterocycles. The van der Waals surface area contributed by atoms with Gasteiger partial charge in [0.1, 0.15) is 0 Å². The second kappa shape index (κ2) is 8.12. The predicted octanol–water partition coefficient (Wildman–Crippen LogP) is 3.68. The van der Waals surface area contributed by atoms with E-state index in [4.69, 9.17) is 0 Å². The largest absolute Gasteiger partial charge is 0.396 e. The third-order valence-corrected chi connectivity index (χ3v) is 6.57. The van der Waals surface area contributed by atoms with Crippen LogP contribution in [-0.2, 0) is 6.54 Å². The Morgan fingerprint density at radius 3 is 2.69 bits per heavy atom. The van der Waals surface area contributed by atoms with Crippen molar-refractivity contribution >= 4 is 10.9 Å². The lowest BCUT2D eigenvalue weighted by Crippen LogP contribution is -2.56. The van der Waals surface area contributed by atoms with Gasteiger partial charge >= 0.3 is 0 Å². The van der Waals surface area contributed by atoms with E-state index in [0.717, 1.165) is 38.6 Å². The highest BCUT2D eigenvalue weighted by Crippen LogP contribution is 2.28. The Balaban J connectivity index is 1.45. The average Bonchev–Trinajstić information content (AvgIpc) is 2.99. The first-order chi connectivity index (χ1) is 12.8. The topological polar surface area (TPSA) is 42.5 Å². The zero-order valence-electron chi connectivity index (χ0n) is 16.1. The van der Waals surface area contributed by atoms with Gasteiger partial charge < -0.3 is 10.1 Å². The van der Waals surface area contributed by atoms with Crippen LogP contribution in [0.25, 0.3) is 10.9 Å². The summed E-state index contributed by atoms with van der Waals surface area (Å²) in [5.74, 6) is 0. The second-order valence-electron chi connectivity index (χ2n) is 8.21. The second-order valence-corrected chi connectivity index (χ2v) is 8.21. The number of nitrogens with one attached hydrogen (secondary N) is 1. The van der Waals surface area contributed by atoms with Crippen LogP contribution in [0.4, 0.5) is 0 Å². The summed E-state index contributed by atoms with van der Waals surface area (Å²) in [6.07, 6.45) is 7.77. The minimum atomic E-state index is 0.299. The van der Waals surface area contributed by atoms with E-state index in [2.05, 4.69) is 46.0 Å². The predicted molar refractivity (Wildman–Crippen MR) is 107 cm³/mol. The molecular formula is C22H33N3O. The molecule has 0 radical (unpaired) electrons. The van der Waals surface area contributed by atoms with Gasteiger partial charge in [0.15, 0.2) is 0 Å². The fourth-order valence-electron chi connectivity index (χ4n) is 5.10. The maximum atomic E-state index is 9.60. The summed E-state index contributed by atoms with van der Waals surface area (Å²) in [4.78, 5) is 8.93. The summed E-state index contributed by atoms with van der Waals surface area (Å²) in [6.45, 7) is 6.87. The van der Waals surface area contributed by atoms with E-state index in [0.29, 0.717) is 12.6 Å². The zero-order valence-corrected chi connectivity index (χ0v) is 16.1. The van der Waals surface area contributed by atoms with Crippen molar-refractivity contribution in [2.24, 2.45) is 0 Å². The fraction of sp³-hybridized carbons (Fsp3) is 0.636. The molecule has 26 heavy (non-hydrogen) atoms. The highest BCUT2D eigenvalue weighted by atomic mass is 16.3. The highest BCUT2D eigenvalue weighted by Gasteiger charge is 2.32. The van der Waals surface area contributed by atoms with Gasteiger partial charge in [-0.05, 0) is 37.8 Å². The Morgan fingerprint density at radius 2 is 1.92 bits per heavy atom. The van der Waals surface area contributed by atoms with Gasteiger partial charge in [0.25, 0.3) is 0 Å². The van der Waals surface area contributed by atoms with Crippen molar-refractivity contribution in [1.82, 2.24) is 14.8 Å². The molecule has 1 atom stereocenters. The lowest BCUT2D eigenvalue weighted by Gasteiger charge is -2.46. The van der Waals surface area contributed by atoms with E-state index >= 15 is 0 Å². The minimum absolute atomic E-state index is 0.299. The molecule has 0 spiro atoms. The molecule has 0 unspecified atom stereocenters. The zero-order chi connectivity index (χ0) is 17.9. The first-order valence-corrected chi connectivity index (χ1v) is 10.4. The highest BCUT2D eigenvalue weighted by molar-refractivity contribution is 5.84. The normalized spacial score (nSPS) is 23.7. The van der Waals surface area contributed by atoms with Gasteiger partial charge in [-0.2, -0.15) is 0 Å². The van der Waals surface area contributed by atoms with Gasteiger partial charge in [-0.3, -0.25) is 9.80 Å². The van der Waals surface area contributed by atoms with Gasteiger partial charge in [-0.15, -0.1) is 0 Å². The lowest BCUT2D eigenvalue weighted by atomic mass is 9.92. The number of benzene rings is 1. The standard InChI is InChI=1S/C22H33N3O/c1-17-20-9-5-6-10-21(20)23-22(17)16-24-12-13-25(19(15-24)11-14-26)18-7-3-2-4-8-18/h5-6,9-10,18-19,23,26H,2-4,7-8,11-16H2,1H3/t19-/m0/s1. The minimum Gasteiger partial charge on any atom is -0.396 e. The van der Waals surface area contributed by atoms with Gasteiger partial charge in [0, 0.05) is 61.5 Å². The molecule has 1 aromatic carbocycles. The lowest BCUT2D eigenvalue weighted by molar-refractivity contribution is 0.0133. The summed E-state index contributed by atoms with van der Waals surface area (Å²) in [6, 6.07) is 9.84. The van der Waals surface area contributed by atoms with Gasteiger partial charge in [-0.1, -0.05) is 37.5 Å². The summed E-state index contributed by atoms with van der Waals surface area (Å²) in [5.41, 5.74) is 3.97. The van der Waals surface area contributed by atoms with Crippen molar-refractivity contribution < 1.29 is 5.11 Å². The van der Waals surface area contributed by atoms with E-state index in [1.54, 1.807) is 0 Å². The number of aromatic nitrogens is 1. The summed E-state index contributed by atoms with van der Waals surface area (Å²) in [7, 11) is 0. The van der Waals surface area contributed by atoms with Crippen LogP contribution < -0.4 is 0 Å². The number of aryl methyl sites for hydroxylation is 1. The molecule has 1 aliphatic carbocycles. The van der Waals surface area contributed by atoms with E-state index in [1.807, 2.05) is 0 Å². The molecule has 4 nitrogen and oxygen atoms in total. The van der Waals surface area contributed by atoms with Crippen LogP contribution in [0.3, 0.4) is 0 Å². The number of fused-ring (bicyclic) bond motifs is 1. The summed E-state index contributed by atoms with van der Waals surface area (Å²) in [5, 5.41) is 10.9. The molecule has 0 amide bonds. The molecule has 2 aromatic rings. The van der Waals surface area contributed by atoms with Crippen LogP contribution in [0, 0.1) is 6.92 Å². The average molecular weight is 356 g/mol. The molecule has 1 aromatic heterocycles. The van der Waals surface area contributed by atoms with Crippen LogP contribution in [-0.4, -0.2) is 58.2 Å². The number of aliphatic hydroxyl groups is 1. The number of hydrogen-bond acceptors (Lipinski definition) is 3. The molecule has 1 saturated carbocycles. The number of H-pyrrole nitrogens is 1.